The van der Waals surface area contributed by atoms with E-state index in [2.05, 4.69) is 40.9 Å². The second-order valence-corrected chi connectivity index (χ2v) is 19.2. The topological polar surface area (TPSA) is 105 Å². The third-order valence-corrected chi connectivity index (χ3v) is 15.9. The standard InChI is InChI=1S/C46H62O8/c1-8-41(47)53-24-45(5,6)33-18-37-29-14-32(35(16-29)39(37)19-33)23-52-43(49)27-11-10-12-28(13-27)44(50)54-25-46(7,9-2)34-20-38-30-15-31(22-51-42(48)26(3)4)36(17-30)40(38)21-34/h8,10-13,29-40H,1,3,9,14-25H2,2,4-7H3/t29-,30-,31?,32?,33?,34?,35?,36?,37?,38-,39?,40?,46?/m1/s1. The molecule has 6 fully saturated rings. The van der Waals surface area contributed by atoms with Crippen LogP contribution in [0.1, 0.15) is 113 Å². The van der Waals surface area contributed by atoms with Gasteiger partial charge in [-0.3, -0.25) is 0 Å². The lowest BCUT2D eigenvalue weighted by Crippen LogP contribution is -2.32. The van der Waals surface area contributed by atoms with Crippen LogP contribution in [-0.4, -0.2) is 50.3 Å². The van der Waals surface area contributed by atoms with Crippen molar-refractivity contribution in [3.63, 3.8) is 0 Å². The van der Waals surface area contributed by atoms with Crippen LogP contribution in [-0.2, 0) is 28.5 Å². The van der Waals surface area contributed by atoms with Crippen molar-refractivity contribution in [2.24, 2.45) is 81.8 Å². The summed E-state index contributed by atoms with van der Waals surface area (Å²) in [7, 11) is 0. The molecule has 0 radical (unpaired) electrons. The zero-order valence-electron chi connectivity index (χ0n) is 33.2. The molecule has 1 aromatic rings. The lowest BCUT2D eigenvalue weighted by molar-refractivity contribution is -0.142. The van der Waals surface area contributed by atoms with Gasteiger partial charge in [-0.05, 0) is 154 Å². The van der Waals surface area contributed by atoms with Crippen LogP contribution in [0.25, 0.3) is 0 Å². The summed E-state index contributed by atoms with van der Waals surface area (Å²) in [6, 6.07) is 6.78. The van der Waals surface area contributed by atoms with Gasteiger partial charge < -0.3 is 18.9 Å². The van der Waals surface area contributed by atoms with E-state index in [9.17, 15) is 19.2 Å². The molecule has 4 bridgehead atoms. The zero-order chi connectivity index (χ0) is 38.5. The number of hydrogen-bond donors (Lipinski definition) is 0. The molecule has 8 nitrogen and oxygen atoms in total. The minimum absolute atomic E-state index is 0.0871. The van der Waals surface area contributed by atoms with Gasteiger partial charge in [0.05, 0.1) is 37.6 Å². The van der Waals surface area contributed by atoms with E-state index in [0.717, 1.165) is 32.1 Å². The van der Waals surface area contributed by atoms with E-state index in [4.69, 9.17) is 18.9 Å². The highest BCUT2D eigenvalue weighted by atomic mass is 16.5. The summed E-state index contributed by atoms with van der Waals surface area (Å²) in [6.07, 6.45) is 11.4. The molecule has 0 amide bonds. The highest BCUT2D eigenvalue weighted by Gasteiger charge is 2.59. The Morgan fingerprint density at radius 1 is 0.704 bits per heavy atom. The van der Waals surface area contributed by atoms with Crippen LogP contribution in [0.5, 0.6) is 0 Å². The summed E-state index contributed by atoms with van der Waals surface area (Å²) in [4.78, 5) is 50.5. The van der Waals surface area contributed by atoms with Gasteiger partial charge in [0.2, 0.25) is 0 Å². The highest BCUT2D eigenvalue weighted by molar-refractivity contribution is 5.95. The first kappa shape index (κ1) is 38.8. The summed E-state index contributed by atoms with van der Waals surface area (Å²) in [5, 5.41) is 0. The van der Waals surface area contributed by atoms with Gasteiger partial charge in [-0.2, -0.15) is 0 Å². The molecule has 54 heavy (non-hydrogen) atoms. The minimum atomic E-state index is -0.404. The molecule has 0 spiro atoms. The maximum atomic E-state index is 13.4. The van der Waals surface area contributed by atoms with Crippen LogP contribution in [0.15, 0.2) is 49.1 Å². The van der Waals surface area contributed by atoms with Crippen molar-refractivity contribution in [2.75, 3.05) is 26.4 Å². The van der Waals surface area contributed by atoms with Crippen molar-refractivity contribution in [3.05, 3.63) is 60.2 Å². The fraction of sp³-hybridized carbons (Fsp3) is 0.696. The van der Waals surface area contributed by atoms with Gasteiger partial charge in [0.25, 0.3) is 0 Å². The predicted octanol–water partition coefficient (Wildman–Crippen LogP) is 8.89. The van der Waals surface area contributed by atoms with Crippen LogP contribution in [0.4, 0.5) is 0 Å². The fourth-order valence-corrected chi connectivity index (χ4v) is 12.6. The van der Waals surface area contributed by atoms with Crippen LogP contribution in [0, 0.1) is 81.8 Å². The lowest BCUT2D eigenvalue weighted by Gasteiger charge is -2.35. The van der Waals surface area contributed by atoms with E-state index in [0.29, 0.717) is 114 Å². The first-order chi connectivity index (χ1) is 25.7. The average Bonchev–Trinajstić information content (AvgIpc) is 4.01. The average molecular weight is 743 g/mol. The summed E-state index contributed by atoms with van der Waals surface area (Å²) >= 11 is 0. The number of ether oxygens (including phenoxy) is 4. The second-order valence-electron chi connectivity index (χ2n) is 19.2. The maximum Gasteiger partial charge on any atom is 0.338 e. The molecule has 0 aliphatic heterocycles. The molecule has 0 heterocycles. The van der Waals surface area contributed by atoms with Gasteiger partial charge in [0, 0.05) is 22.5 Å². The molecule has 0 N–H and O–H groups in total. The van der Waals surface area contributed by atoms with E-state index in [-0.39, 0.29) is 22.8 Å². The van der Waals surface area contributed by atoms with Crippen molar-refractivity contribution >= 4 is 23.9 Å². The Bertz CT molecular complexity index is 1640. The summed E-state index contributed by atoms with van der Waals surface area (Å²) < 4.78 is 23.0. The molecule has 0 aromatic heterocycles. The lowest BCUT2D eigenvalue weighted by atomic mass is 9.73. The SMILES string of the molecule is C=CC(=O)OCC(C)(C)C1CC2C3C[C@@H](CC3COC(=O)c3cccc(C(=O)OCC(C)(CC)C4CC5C6C[C@@H](CC6COC(=O)C(=C)C)[C@H]5C4)c3)C2C1. The number of hydrogen-bond acceptors (Lipinski definition) is 8. The molecule has 7 rings (SSSR count). The molecule has 10 unspecified atom stereocenters. The molecule has 0 saturated heterocycles. The van der Waals surface area contributed by atoms with E-state index in [1.165, 1.54) is 31.8 Å². The molecule has 8 heteroatoms. The number of esters is 4. The molecular formula is C46H62O8. The van der Waals surface area contributed by atoms with Crippen molar-refractivity contribution in [3.8, 4) is 0 Å². The molecule has 6 aliphatic rings. The normalized spacial score (nSPS) is 35.5. The van der Waals surface area contributed by atoms with E-state index in [1.807, 2.05) is 0 Å². The number of benzene rings is 1. The molecular weight excluding hydrogens is 680 g/mol. The number of fused-ring (bicyclic) bond motifs is 10. The summed E-state index contributed by atoms with van der Waals surface area (Å²) in [6.45, 7) is 19.5. The Balaban J connectivity index is 0.887. The summed E-state index contributed by atoms with van der Waals surface area (Å²) in [5.74, 6) is 5.53. The van der Waals surface area contributed by atoms with Gasteiger partial charge in [0.1, 0.15) is 0 Å². The Kier molecular flexibility index (Phi) is 11.0. The molecule has 13 atom stereocenters. The zero-order valence-corrected chi connectivity index (χ0v) is 33.2. The van der Waals surface area contributed by atoms with Crippen molar-refractivity contribution in [1.29, 1.82) is 0 Å². The third-order valence-electron chi connectivity index (χ3n) is 15.9. The maximum absolute atomic E-state index is 13.4. The van der Waals surface area contributed by atoms with Gasteiger partial charge in [-0.15, -0.1) is 0 Å². The minimum Gasteiger partial charge on any atom is -0.462 e. The monoisotopic (exact) mass is 742 g/mol. The van der Waals surface area contributed by atoms with Crippen LogP contribution >= 0.6 is 0 Å². The van der Waals surface area contributed by atoms with E-state index < -0.39 is 11.9 Å². The Morgan fingerprint density at radius 3 is 1.81 bits per heavy atom. The molecule has 1 aromatic carbocycles. The van der Waals surface area contributed by atoms with E-state index >= 15 is 0 Å². The first-order valence-electron chi connectivity index (χ1n) is 20.8. The Labute approximate surface area is 322 Å². The largest absolute Gasteiger partial charge is 0.462 e. The number of carbonyl (C=O) groups excluding carboxylic acids is 4. The Hall–Kier alpha value is -3.42. The van der Waals surface area contributed by atoms with Crippen molar-refractivity contribution in [2.45, 2.75) is 92.4 Å². The van der Waals surface area contributed by atoms with Gasteiger partial charge in [-0.1, -0.05) is 46.9 Å². The van der Waals surface area contributed by atoms with Crippen molar-refractivity contribution in [1.82, 2.24) is 0 Å². The third kappa shape index (κ3) is 7.44. The van der Waals surface area contributed by atoms with Gasteiger partial charge >= 0.3 is 23.9 Å². The number of rotatable bonds is 15. The fourth-order valence-electron chi connectivity index (χ4n) is 12.6. The van der Waals surface area contributed by atoms with E-state index in [1.54, 1.807) is 31.2 Å². The Morgan fingerprint density at radius 2 is 1.24 bits per heavy atom. The smallest absolute Gasteiger partial charge is 0.338 e. The van der Waals surface area contributed by atoms with Crippen LogP contribution < -0.4 is 0 Å². The summed E-state index contributed by atoms with van der Waals surface area (Å²) in [5.41, 5.74) is 0.981. The second kappa shape index (κ2) is 15.3. The first-order valence-corrected chi connectivity index (χ1v) is 20.8. The highest BCUT2D eigenvalue weighted by Crippen LogP contribution is 2.65. The quantitative estimate of drug-likeness (QED) is 0.0997. The number of carbonyl (C=O) groups is 4. The van der Waals surface area contributed by atoms with Gasteiger partial charge in [-0.25, -0.2) is 19.2 Å². The van der Waals surface area contributed by atoms with Crippen molar-refractivity contribution < 1.29 is 38.1 Å². The van der Waals surface area contributed by atoms with Crippen LogP contribution in [0.3, 0.4) is 0 Å². The van der Waals surface area contributed by atoms with Gasteiger partial charge in [0.15, 0.2) is 0 Å². The predicted molar refractivity (Wildman–Crippen MR) is 205 cm³/mol. The molecule has 6 saturated carbocycles. The molecule has 294 valence electrons. The molecule has 6 aliphatic carbocycles. The van der Waals surface area contributed by atoms with Crippen LogP contribution in [0.2, 0.25) is 0 Å².